The first-order valence-corrected chi connectivity index (χ1v) is 11.1. The maximum absolute atomic E-state index is 12.9. The zero-order valence-electron chi connectivity index (χ0n) is 18.1. The van der Waals surface area contributed by atoms with Crippen molar-refractivity contribution in [1.82, 2.24) is 14.8 Å². The molecule has 33 heavy (non-hydrogen) atoms. The molecular formula is C27H25N3O3. The van der Waals surface area contributed by atoms with Crippen LogP contribution < -0.4 is 0 Å². The number of hydrogen-bond donors (Lipinski definition) is 1. The molecule has 0 unspecified atom stereocenters. The maximum Gasteiger partial charge on any atom is 0.255 e. The summed E-state index contributed by atoms with van der Waals surface area (Å²) in [6.07, 6.45) is 7.27. The van der Waals surface area contributed by atoms with E-state index in [0.717, 1.165) is 16.7 Å². The van der Waals surface area contributed by atoms with Gasteiger partial charge in [0, 0.05) is 24.9 Å². The SMILES string of the molecule is O=C(c1cccnc1)N1CC(=O)N2[C@@H](CO)[C@H](c3ccc(/C=C/c4ccccc4)cc3)[C@@H]2C1. The number of aliphatic hydroxyl groups excluding tert-OH is 1. The van der Waals surface area contributed by atoms with Crippen LogP contribution in [0.5, 0.6) is 0 Å². The van der Waals surface area contributed by atoms with Gasteiger partial charge in [-0.15, -0.1) is 0 Å². The molecule has 2 aliphatic heterocycles. The Morgan fingerprint density at radius 1 is 1.00 bits per heavy atom. The number of piperazine rings is 1. The van der Waals surface area contributed by atoms with E-state index in [4.69, 9.17) is 0 Å². The second-order valence-electron chi connectivity index (χ2n) is 8.48. The van der Waals surface area contributed by atoms with Crippen LogP contribution in [0.25, 0.3) is 12.2 Å². The molecule has 6 nitrogen and oxygen atoms in total. The zero-order chi connectivity index (χ0) is 22.8. The van der Waals surface area contributed by atoms with Crippen molar-refractivity contribution in [2.45, 2.75) is 18.0 Å². The normalized spacial score (nSPS) is 22.2. The highest BCUT2D eigenvalue weighted by molar-refractivity contribution is 5.97. The highest BCUT2D eigenvalue weighted by atomic mass is 16.3. The second-order valence-corrected chi connectivity index (χ2v) is 8.48. The quantitative estimate of drug-likeness (QED) is 0.620. The van der Waals surface area contributed by atoms with Crippen molar-refractivity contribution >= 4 is 24.0 Å². The molecule has 1 aromatic heterocycles. The number of hydrogen-bond acceptors (Lipinski definition) is 4. The van der Waals surface area contributed by atoms with Crippen LogP contribution in [0.15, 0.2) is 79.1 Å². The van der Waals surface area contributed by atoms with Crippen molar-refractivity contribution in [2.24, 2.45) is 0 Å². The molecule has 0 radical (unpaired) electrons. The number of aliphatic hydroxyl groups is 1. The lowest BCUT2D eigenvalue weighted by Crippen LogP contribution is -2.73. The lowest BCUT2D eigenvalue weighted by atomic mass is 9.73. The second kappa shape index (κ2) is 9.00. The van der Waals surface area contributed by atoms with Crippen LogP contribution in [-0.4, -0.2) is 63.5 Å². The number of carbonyl (C=O) groups is 2. The lowest BCUT2D eigenvalue weighted by molar-refractivity contribution is -0.159. The predicted molar refractivity (Wildman–Crippen MR) is 126 cm³/mol. The maximum atomic E-state index is 12.9. The molecule has 1 N–H and O–H groups in total. The van der Waals surface area contributed by atoms with E-state index in [1.54, 1.807) is 28.1 Å². The van der Waals surface area contributed by atoms with Gasteiger partial charge in [-0.1, -0.05) is 66.7 Å². The molecule has 5 rings (SSSR count). The molecule has 3 heterocycles. The fraction of sp³-hybridized carbons (Fsp3) is 0.222. The summed E-state index contributed by atoms with van der Waals surface area (Å²) in [5.41, 5.74) is 3.75. The standard InChI is InChI=1S/C27H25N3O3/c31-18-24-26(21-12-10-20(11-13-21)9-8-19-5-2-1-3-6-19)23-16-29(17-25(32)30(23)24)27(33)22-7-4-14-28-15-22/h1-15,23-24,26,31H,16-18H2/b9-8+/t23-,24-,26+/m0/s1. The molecule has 2 fully saturated rings. The van der Waals surface area contributed by atoms with E-state index in [1.807, 2.05) is 18.2 Å². The molecule has 2 saturated heterocycles. The van der Waals surface area contributed by atoms with Crippen molar-refractivity contribution in [3.05, 3.63) is 101 Å². The van der Waals surface area contributed by atoms with E-state index in [1.165, 1.54) is 6.20 Å². The van der Waals surface area contributed by atoms with Gasteiger partial charge in [0.15, 0.2) is 0 Å². The molecule has 166 valence electrons. The van der Waals surface area contributed by atoms with Gasteiger partial charge in [-0.25, -0.2) is 0 Å². The van der Waals surface area contributed by atoms with Gasteiger partial charge >= 0.3 is 0 Å². The van der Waals surface area contributed by atoms with E-state index in [0.29, 0.717) is 12.1 Å². The van der Waals surface area contributed by atoms with Crippen LogP contribution in [0.3, 0.4) is 0 Å². The molecule has 2 aromatic carbocycles. The summed E-state index contributed by atoms with van der Waals surface area (Å²) >= 11 is 0. The Morgan fingerprint density at radius 2 is 1.73 bits per heavy atom. The van der Waals surface area contributed by atoms with Gasteiger partial charge in [0.2, 0.25) is 5.91 Å². The average molecular weight is 440 g/mol. The molecule has 3 atom stereocenters. The van der Waals surface area contributed by atoms with Crippen LogP contribution in [0.2, 0.25) is 0 Å². The third kappa shape index (κ3) is 4.05. The molecule has 2 amide bonds. The number of aromatic nitrogens is 1. The smallest absolute Gasteiger partial charge is 0.255 e. The first kappa shape index (κ1) is 21.1. The van der Waals surface area contributed by atoms with Gasteiger partial charge in [0.25, 0.3) is 5.91 Å². The molecule has 0 saturated carbocycles. The van der Waals surface area contributed by atoms with Crippen LogP contribution in [0, 0.1) is 0 Å². The molecule has 6 heteroatoms. The molecule has 0 bridgehead atoms. The predicted octanol–water partition coefficient (Wildman–Crippen LogP) is 3.06. The van der Waals surface area contributed by atoms with Crippen molar-refractivity contribution in [1.29, 1.82) is 0 Å². The Hall–Kier alpha value is -3.77. The van der Waals surface area contributed by atoms with E-state index in [-0.39, 0.29) is 43.0 Å². The van der Waals surface area contributed by atoms with Gasteiger partial charge in [-0.05, 0) is 28.8 Å². The Balaban J connectivity index is 1.34. The Morgan fingerprint density at radius 3 is 2.39 bits per heavy atom. The highest BCUT2D eigenvalue weighted by Crippen LogP contribution is 2.43. The minimum absolute atomic E-state index is 0.0180. The van der Waals surface area contributed by atoms with Gasteiger partial charge in [0.05, 0.1) is 24.3 Å². The van der Waals surface area contributed by atoms with Gasteiger partial charge in [0.1, 0.15) is 6.54 Å². The number of benzene rings is 2. The first-order valence-electron chi connectivity index (χ1n) is 11.1. The van der Waals surface area contributed by atoms with Crippen LogP contribution in [-0.2, 0) is 4.79 Å². The minimum atomic E-state index is -0.260. The van der Waals surface area contributed by atoms with Crippen LogP contribution in [0.4, 0.5) is 0 Å². The zero-order valence-corrected chi connectivity index (χ0v) is 18.1. The number of fused-ring (bicyclic) bond motifs is 1. The summed E-state index contributed by atoms with van der Waals surface area (Å²) in [4.78, 5) is 33.1. The van der Waals surface area contributed by atoms with Crippen molar-refractivity contribution in [2.75, 3.05) is 19.7 Å². The van der Waals surface area contributed by atoms with Crippen LogP contribution >= 0.6 is 0 Å². The monoisotopic (exact) mass is 439 g/mol. The third-order valence-electron chi connectivity index (χ3n) is 6.54. The topological polar surface area (TPSA) is 73.7 Å². The summed E-state index contributed by atoms with van der Waals surface area (Å²) in [5.74, 6) is -0.333. The average Bonchev–Trinajstić information content (AvgIpc) is 2.85. The summed E-state index contributed by atoms with van der Waals surface area (Å²) in [7, 11) is 0. The molecule has 3 aromatic rings. The Kier molecular flexibility index (Phi) is 5.75. The number of pyridine rings is 1. The third-order valence-corrected chi connectivity index (χ3v) is 6.54. The number of nitrogens with zero attached hydrogens (tertiary/aromatic N) is 3. The van der Waals surface area contributed by atoms with E-state index in [2.05, 4.69) is 53.5 Å². The lowest BCUT2D eigenvalue weighted by Gasteiger charge is -2.58. The van der Waals surface area contributed by atoms with E-state index in [9.17, 15) is 14.7 Å². The summed E-state index contributed by atoms with van der Waals surface area (Å²) in [6, 6.07) is 21.4. The summed E-state index contributed by atoms with van der Waals surface area (Å²) in [6.45, 7) is 0.367. The molecule has 2 aliphatic rings. The van der Waals surface area contributed by atoms with Gasteiger partial charge in [-0.2, -0.15) is 0 Å². The molecule has 0 spiro atoms. The summed E-state index contributed by atoms with van der Waals surface area (Å²) in [5, 5.41) is 10.00. The van der Waals surface area contributed by atoms with Crippen molar-refractivity contribution in [3.8, 4) is 0 Å². The van der Waals surface area contributed by atoms with Crippen LogP contribution in [0.1, 0.15) is 33.0 Å². The number of carbonyl (C=O) groups excluding carboxylic acids is 2. The first-order chi connectivity index (χ1) is 16.2. The van der Waals surface area contributed by atoms with E-state index >= 15 is 0 Å². The Bertz CT molecular complexity index is 1160. The highest BCUT2D eigenvalue weighted by Gasteiger charge is 2.54. The summed E-state index contributed by atoms with van der Waals surface area (Å²) < 4.78 is 0. The largest absolute Gasteiger partial charge is 0.394 e. The minimum Gasteiger partial charge on any atom is -0.394 e. The number of rotatable bonds is 5. The fourth-order valence-corrected chi connectivity index (χ4v) is 4.91. The van der Waals surface area contributed by atoms with Crippen molar-refractivity contribution in [3.63, 3.8) is 0 Å². The molecular weight excluding hydrogens is 414 g/mol. The Labute approximate surface area is 192 Å². The number of amides is 2. The van der Waals surface area contributed by atoms with Crippen molar-refractivity contribution < 1.29 is 14.7 Å². The van der Waals surface area contributed by atoms with Gasteiger partial charge in [-0.3, -0.25) is 14.6 Å². The van der Waals surface area contributed by atoms with Gasteiger partial charge < -0.3 is 14.9 Å². The van der Waals surface area contributed by atoms with E-state index < -0.39 is 0 Å². The molecule has 0 aliphatic carbocycles. The fourth-order valence-electron chi connectivity index (χ4n) is 4.91.